The monoisotopic (exact) mass is 128 g/mol. The summed E-state index contributed by atoms with van der Waals surface area (Å²) in [6, 6.07) is 0. The van der Waals surface area contributed by atoms with Gasteiger partial charge in [-0.15, -0.1) is 12.8 Å². The minimum Gasteiger partial charge on any atom is -0.115 e. The average molecular weight is 128 g/mol. The van der Waals surface area contributed by atoms with E-state index in [1.165, 1.54) is 0 Å². The first-order valence-electron chi connectivity index (χ1n) is 3.18. The van der Waals surface area contributed by atoms with Gasteiger partial charge in [0, 0.05) is 11.1 Å². The Morgan fingerprint density at radius 1 is 1.00 bits per heavy atom. The van der Waals surface area contributed by atoms with E-state index in [1.807, 2.05) is 12.2 Å². The van der Waals surface area contributed by atoms with E-state index in [0.717, 1.165) is 24.0 Å². The third-order valence-corrected chi connectivity index (χ3v) is 1.51. The molecular formula is C10H8. The molecule has 0 saturated heterocycles. The van der Waals surface area contributed by atoms with Crippen LogP contribution in [0, 0.1) is 24.7 Å². The molecule has 0 aromatic heterocycles. The van der Waals surface area contributed by atoms with Crippen LogP contribution in [0.15, 0.2) is 23.3 Å². The lowest BCUT2D eigenvalue weighted by Gasteiger charge is -2.03. The molecule has 0 saturated carbocycles. The van der Waals surface area contributed by atoms with Crippen molar-refractivity contribution in [3.8, 4) is 24.7 Å². The maximum atomic E-state index is 5.19. The van der Waals surface area contributed by atoms with Gasteiger partial charge in [0.15, 0.2) is 0 Å². The Morgan fingerprint density at radius 3 is 1.60 bits per heavy atom. The lowest BCUT2D eigenvalue weighted by molar-refractivity contribution is 1.14. The summed E-state index contributed by atoms with van der Waals surface area (Å²) in [7, 11) is 0. The number of allylic oxidation sites excluding steroid dienone is 4. The Balaban J connectivity index is 2.66. The highest BCUT2D eigenvalue weighted by atomic mass is 14.0. The van der Waals surface area contributed by atoms with Gasteiger partial charge in [0.05, 0.1) is 0 Å². The predicted molar refractivity (Wildman–Crippen MR) is 43.1 cm³/mol. The van der Waals surface area contributed by atoms with Crippen molar-refractivity contribution in [2.45, 2.75) is 12.8 Å². The molecule has 10 heavy (non-hydrogen) atoms. The van der Waals surface area contributed by atoms with Crippen LogP contribution in [0.2, 0.25) is 0 Å². The van der Waals surface area contributed by atoms with Gasteiger partial charge in [-0.1, -0.05) is 24.0 Å². The van der Waals surface area contributed by atoms with E-state index in [-0.39, 0.29) is 0 Å². The first-order valence-corrected chi connectivity index (χ1v) is 3.18. The van der Waals surface area contributed by atoms with Crippen LogP contribution in [-0.4, -0.2) is 0 Å². The van der Waals surface area contributed by atoms with E-state index in [1.54, 1.807) is 0 Å². The van der Waals surface area contributed by atoms with E-state index >= 15 is 0 Å². The Morgan fingerprint density at radius 2 is 1.40 bits per heavy atom. The Hall–Kier alpha value is -1.40. The van der Waals surface area contributed by atoms with Crippen LogP contribution in [0.25, 0.3) is 0 Å². The van der Waals surface area contributed by atoms with Gasteiger partial charge < -0.3 is 0 Å². The van der Waals surface area contributed by atoms with Crippen LogP contribution < -0.4 is 0 Å². The molecule has 0 aliphatic heterocycles. The molecule has 0 heterocycles. The minimum absolute atomic E-state index is 0.829. The van der Waals surface area contributed by atoms with Gasteiger partial charge >= 0.3 is 0 Å². The lowest BCUT2D eigenvalue weighted by Crippen LogP contribution is -1.87. The first kappa shape index (κ1) is 6.72. The number of rotatable bonds is 0. The Bertz CT molecular complexity index is 233. The van der Waals surface area contributed by atoms with Crippen molar-refractivity contribution in [3.05, 3.63) is 23.3 Å². The summed E-state index contributed by atoms with van der Waals surface area (Å²) in [5.41, 5.74) is 2.08. The Labute approximate surface area is 61.6 Å². The zero-order valence-corrected chi connectivity index (χ0v) is 5.72. The number of terminal acetylenes is 2. The number of hydrogen-bond donors (Lipinski definition) is 0. The molecule has 0 atom stereocenters. The molecule has 1 aliphatic carbocycles. The van der Waals surface area contributed by atoms with E-state index in [0.29, 0.717) is 0 Å². The molecule has 0 amide bonds. The molecule has 0 aromatic carbocycles. The third kappa shape index (κ3) is 1.30. The summed E-state index contributed by atoms with van der Waals surface area (Å²) >= 11 is 0. The summed E-state index contributed by atoms with van der Waals surface area (Å²) < 4.78 is 0. The zero-order chi connectivity index (χ0) is 7.40. The highest BCUT2D eigenvalue weighted by molar-refractivity contribution is 5.39. The van der Waals surface area contributed by atoms with Crippen molar-refractivity contribution in [2.75, 3.05) is 0 Å². The van der Waals surface area contributed by atoms with Crippen molar-refractivity contribution in [1.29, 1.82) is 0 Å². The van der Waals surface area contributed by atoms with Crippen molar-refractivity contribution in [2.24, 2.45) is 0 Å². The van der Waals surface area contributed by atoms with Crippen LogP contribution in [0.1, 0.15) is 12.8 Å². The van der Waals surface area contributed by atoms with Crippen LogP contribution in [0.4, 0.5) is 0 Å². The molecular weight excluding hydrogens is 120 g/mol. The topological polar surface area (TPSA) is 0 Å². The summed E-state index contributed by atoms with van der Waals surface area (Å²) in [5.74, 6) is 5.19. The van der Waals surface area contributed by atoms with Crippen molar-refractivity contribution < 1.29 is 0 Å². The van der Waals surface area contributed by atoms with Crippen molar-refractivity contribution >= 4 is 0 Å². The quantitative estimate of drug-likeness (QED) is 0.437. The average Bonchev–Trinajstić information content (AvgIpc) is 2.05. The largest absolute Gasteiger partial charge is 0.115 e. The molecule has 0 heteroatoms. The molecule has 0 radical (unpaired) electrons. The normalized spacial score (nSPS) is 16.2. The molecule has 0 spiro atoms. The smallest absolute Gasteiger partial charge is 0.00194 e. The molecule has 0 nitrogen and oxygen atoms in total. The second-order valence-electron chi connectivity index (χ2n) is 2.16. The van der Waals surface area contributed by atoms with Gasteiger partial charge in [-0.2, -0.15) is 0 Å². The van der Waals surface area contributed by atoms with Gasteiger partial charge in [0.2, 0.25) is 0 Å². The molecule has 0 fully saturated rings. The molecule has 0 unspecified atom stereocenters. The molecule has 1 rings (SSSR count). The summed E-state index contributed by atoms with van der Waals surface area (Å²) in [6.45, 7) is 0. The lowest BCUT2D eigenvalue weighted by atomic mass is 10.0. The number of hydrogen-bond acceptors (Lipinski definition) is 0. The second kappa shape index (κ2) is 2.95. The SMILES string of the molecule is C#CC1=CCC(C#C)=CC1. The molecule has 0 N–H and O–H groups in total. The van der Waals surface area contributed by atoms with Gasteiger partial charge in [-0.05, 0) is 12.8 Å². The van der Waals surface area contributed by atoms with Gasteiger partial charge in [-0.3, -0.25) is 0 Å². The van der Waals surface area contributed by atoms with Crippen molar-refractivity contribution in [3.63, 3.8) is 0 Å². The van der Waals surface area contributed by atoms with Crippen LogP contribution >= 0.6 is 0 Å². The van der Waals surface area contributed by atoms with E-state index in [9.17, 15) is 0 Å². The van der Waals surface area contributed by atoms with Crippen LogP contribution in [0.5, 0.6) is 0 Å². The predicted octanol–water partition coefficient (Wildman–Crippen LogP) is 1.90. The van der Waals surface area contributed by atoms with E-state index < -0.39 is 0 Å². The molecule has 48 valence electrons. The maximum Gasteiger partial charge on any atom is 0.00194 e. The van der Waals surface area contributed by atoms with Crippen molar-refractivity contribution in [1.82, 2.24) is 0 Å². The maximum absolute atomic E-state index is 5.19. The second-order valence-corrected chi connectivity index (χ2v) is 2.16. The van der Waals surface area contributed by atoms with E-state index in [2.05, 4.69) is 11.8 Å². The summed E-state index contributed by atoms with van der Waals surface area (Å²) in [6.07, 6.45) is 16.1. The third-order valence-electron chi connectivity index (χ3n) is 1.51. The van der Waals surface area contributed by atoms with Gasteiger partial charge in [0.1, 0.15) is 0 Å². The standard InChI is InChI=1S/C10H8/c1-3-9-5-7-10(4-2)8-6-9/h1-2,5,8H,6-7H2. The first-order chi connectivity index (χ1) is 4.86. The minimum atomic E-state index is 0.829. The molecule has 1 aliphatic rings. The van der Waals surface area contributed by atoms with Crippen LogP contribution in [-0.2, 0) is 0 Å². The van der Waals surface area contributed by atoms with Gasteiger partial charge in [-0.25, -0.2) is 0 Å². The van der Waals surface area contributed by atoms with Gasteiger partial charge in [0.25, 0.3) is 0 Å². The van der Waals surface area contributed by atoms with Crippen LogP contribution in [0.3, 0.4) is 0 Å². The zero-order valence-electron chi connectivity index (χ0n) is 5.72. The van der Waals surface area contributed by atoms with E-state index in [4.69, 9.17) is 12.8 Å². The highest BCUT2D eigenvalue weighted by Crippen LogP contribution is 2.15. The fourth-order valence-corrected chi connectivity index (χ4v) is 0.869. The summed E-state index contributed by atoms with van der Waals surface area (Å²) in [5, 5.41) is 0. The fourth-order valence-electron chi connectivity index (χ4n) is 0.869. The fraction of sp³-hybridized carbons (Fsp3) is 0.200. The Kier molecular flexibility index (Phi) is 1.98. The summed E-state index contributed by atoms with van der Waals surface area (Å²) in [4.78, 5) is 0. The molecule has 0 aromatic rings. The molecule has 0 bridgehead atoms. The highest BCUT2D eigenvalue weighted by Gasteiger charge is 1.99.